The van der Waals surface area contributed by atoms with E-state index in [1.165, 1.54) is 11.1 Å². The maximum Gasteiger partial charge on any atom is 0.276 e. The van der Waals surface area contributed by atoms with Crippen LogP contribution >= 0.6 is 12.2 Å². The molecule has 1 heterocycles. The van der Waals surface area contributed by atoms with Crippen LogP contribution in [0.5, 0.6) is 0 Å². The summed E-state index contributed by atoms with van der Waals surface area (Å²) in [6, 6.07) is 0. The quantitative estimate of drug-likeness (QED) is 0.620. The molecule has 0 radical (unpaired) electrons. The molecule has 3 N–H and O–H groups in total. The topological polar surface area (TPSA) is 87.9 Å². The Morgan fingerprint density at radius 3 is 3.00 bits per heavy atom. The fourth-order valence-corrected chi connectivity index (χ4v) is 0.999. The minimum atomic E-state index is -0.262. The number of aromatic nitrogens is 3. The van der Waals surface area contributed by atoms with Crippen LogP contribution in [0.3, 0.4) is 0 Å². The fraction of sp³-hybridized carbons (Fsp3) is 0.333. The molecule has 7 heteroatoms. The third kappa shape index (κ3) is 2.48. The van der Waals surface area contributed by atoms with E-state index in [4.69, 9.17) is 5.73 Å². The van der Waals surface area contributed by atoms with Gasteiger partial charge < -0.3 is 10.6 Å². The third-order valence-electron chi connectivity index (χ3n) is 1.37. The van der Waals surface area contributed by atoms with E-state index < -0.39 is 0 Å². The molecular formula is C6H9N5OS. The van der Waals surface area contributed by atoms with Gasteiger partial charge in [-0.15, -0.1) is 0 Å². The Kier molecular flexibility index (Phi) is 2.91. The number of aromatic amines is 1. The normalized spacial score (nSPS) is 9.62. The number of nitrogens with two attached hydrogens (primary N) is 1. The van der Waals surface area contributed by atoms with Gasteiger partial charge in [0.05, 0.1) is 17.7 Å². The van der Waals surface area contributed by atoms with E-state index in [0.29, 0.717) is 0 Å². The number of carbonyl (C=O) groups excluding carboxylic acids is 1. The van der Waals surface area contributed by atoms with Crippen molar-refractivity contribution in [1.82, 2.24) is 20.3 Å². The number of hydrogen-bond acceptors (Lipinski definition) is 4. The predicted octanol–water partition coefficient (Wildman–Crippen LogP) is -0.837. The minimum Gasteiger partial charge on any atom is -0.392 e. The Morgan fingerprint density at radius 2 is 2.54 bits per heavy atom. The zero-order chi connectivity index (χ0) is 9.84. The van der Waals surface area contributed by atoms with E-state index in [0.717, 1.165) is 0 Å². The maximum atomic E-state index is 11.4. The maximum absolute atomic E-state index is 11.4. The largest absolute Gasteiger partial charge is 0.392 e. The number of amides is 1. The van der Waals surface area contributed by atoms with Crippen LogP contribution < -0.4 is 5.73 Å². The summed E-state index contributed by atoms with van der Waals surface area (Å²) < 4.78 is 0. The number of carbonyl (C=O) groups is 1. The summed E-state index contributed by atoms with van der Waals surface area (Å²) in [5.41, 5.74) is 5.53. The molecule has 0 bridgehead atoms. The second kappa shape index (κ2) is 3.94. The molecule has 1 aromatic heterocycles. The molecule has 70 valence electrons. The lowest BCUT2D eigenvalue weighted by Gasteiger charge is -2.13. The van der Waals surface area contributed by atoms with Crippen LogP contribution in [0.4, 0.5) is 0 Å². The summed E-state index contributed by atoms with van der Waals surface area (Å²) in [5, 5.41) is 9.50. The summed E-state index contributed by atoms with van der Waals surface area (Å²) in [6.45, 7) is 0.237. The Hall–Kier alpha value is -1.50. The van der Waals surface area contributed by atoms with Crippen LogP contribution in [-0.2, 0) is 0 Å². The smallest absolute Gasteiger partial charge is 0.276 e. The van der Waals surface area contributed by atoms with Gasteiger partial charge in [-0.25, -0.2) is 0 Å². The summed E-state index contributed by atoms with van der Waals surface area (Å²) >= 11 is 4.66. The number of hydrogen-bond donors (Lipinski definition) is 2. The molecule has 13 heavy (non-hydrogen) atoms. The zero-order valence-electron chi connectivity index (χ0n) is 7.02. The van der Waals surface area contributed by atoms with E-state index >= 15 is 0 Å². The highest BCUT2D eigenvalue weighted by molar-refractivity contribution is 7.80. The standard InChI is InChI=1S/C6H9N5OS/c1-11(3-5(7)13)6(12)4-2-8-10-9-4/h2H,3H2,1H3,(H2,7,13)(H,8,9,10). The molecule has 0 aliphatic rings. The summed E-state index contributed by atoms with van der Waals surface area (Å²) in [4.78, 5) is 13.1. The number of H-pyrrole nitrogens is 1. The van der Waals surface area contributed by atoms with Crippen LogP contribution in [-0.4, -0.2) is 44.8 Å². The highest BCUT2D eigenvalue weighted by Crippen LogP contribution is 1.95. The van der Waals surface area contributed by atoms with Crippen molar-refractivity contribution in [2.24, 2.45) is 5.73 Å². The second-order valence-electron chi connectivity index (χ2n) is 2.48. The van der Waals surface area contributed by atoms with Crippen LogP contribution in [0.2, 0.25) is 0 Å². The molecule has 6 nitrogen and oxygen atoms in total. The van der Waals surface area contributed by atoms with Crippen molar-refractivity contribution in [3.8, 4) is 0 Å². The molecule has 0 aromatic carbocycles. The van der Waals surface area contributed by atoms with Gasteiger partial charge in [0, 0.05) is 7.05 Å². The van der Waals surface area contributed by atoms with Gasteiger partial charge >= 0.3 is 0 Å². The lowest BCUT2D eigenvalue weighted by Crippen LogP contribution is -2.34. The van der Waals surface area contributed by atoms with Gasteiger partial charge in [0.1, 0.15) is 0 Å². The van der Waals surface area contributed by atoms with Crippen molar-refractivity contribution in [3.05, 3.63) is 11.9 Å². The first kappa shape index (κ1) is 9.59. The molecule has 0 aliphatic heterocycles. The van der Waals surface area contributed by atoms with Gasteiger partial charge in [0.25, 0.3) is 5.91 Å². The highest BCUT2D eigenvalue weighted by atomic mass is 32.1. The first-order valence-electron chi connectivity index (χ1n) is 3.51. The molecule has 0 saturated carbocycles. The van der Waals surface area contributed by atoms with E-state index in [9.17, 15) is 4.79 Å². The van der Waals surface area contributed by atoms with E-state index in [-0.39, 0.29) is 23.1 Å². The van der Waals surface area contributed by atoms with Crippen molar-refractivity contribution >= 4 is 23.1 Å². The SMILES string of the molecule is CN(CC(N)=S)C(=O)c1cn[nH]n1. The molecule has 0 fully saturated rings. The van der Waals surface area contributed by atoms with Crippen molar-refractivity contribution in [2.75, 3.05) is 13.6 Å². The van der Waals surface area contributed by atoms with Gasteiger partial charge in [0.15, 0.2) is 5.69 Å². The first-order chi connectivity index (χ1) is 6.11. The molecular weight excluding hydrogens is 190 g/mol. The molecule has 1 amide bonds. The van der Waals surface area contributed by atoms with E-state index in [1.807, 2.05) is 0 Å². The highest BCUT2D eigenvalue weighted by Gasteiger charge is 2.14. The van der Waals surface area contributed by atoms with Gasteiger partial charge in [-0.1, -0.05) is 12.2 Å². The average molecular weight is 199 g/mol. The van der Waals surface area contributed by atoms with Crippen molar-refractivity contribution in [2.45, 2.75) is 0 Å². The number of likely N-dealkylation sites (N-methyl/N-ethyl adjacent to an activating group) is 1. The van der Waals surface area contributed by atoms with Gasteiger partial charge in [0.2, 0.25) is 0 Å². The van der Waals surface area contributed by atoms with Gasteiger partial charge in [-0.3, -0.25) is 4.79 Å². The summed E-state index contributed by atoms with van der Waals surface area (Å²) in [6.07, 6.45) is 1.35. The molecule has 1 rings (SSSR count). The van der Waals surface area contributed by atoms with Crippen molar-refractivity contribution in [1.29, 1.82) is 0 Å². The Morgan fingerprint density at radius 1 is 1.85 bits per heavy atom. The van der Waals surface area contributed by atoms with Crippen LogP contribution in [0.1, 0.15) is 10.5 Å². The van der Waals surface area contributed by atoms with Gasteiger partial charge in [-0.05, 0) is 0 Å². The van der Waals surface area contributed by atoms with Crippen LogP contribution in [0.15, 0.2) is 6.20 Å². The molecule has 0 atom stereocenters. The molecule has 0 saturated heterocycles. The number of rotatable bonds is 3. The van der Waals surface area contributed by atoms with Crippen LogP contribution in [0, 0.1) is 0 Å². The number of thiocarbonyl (C=S) groups is 1. The fourth-order valence-electron chi connectivity index (χ4n) is 0.806. The second-order valence-corrected chi connectivity index (χ2v) is 3.01. The van der Waals surface area contributed by atoms with Crippen molar-refractivity contribution < 1.29 is 4.79 Å². The van der Waals surface area contributed by atoms with Crippen molar-refractivity contribution in [3.63, 3.8) is 0 Å². The summed E-state index contributed by atoms with van der Waals surface area (Å²) in [7, 11) is 1.59. The average Bonchev–Trinajstić information content (AvgIpc) is 2.53. The van der Waals surface area contributed by atoms with E-state index in [1.54, 1.807) is 7.05 Å². The van der Waals surface area contributed by atoms with Gasteiger partial charge in [-0.2, -0.15) is 15.4 Å². The Labute approximate surface area is 80.1 Å². The number of nitrogens with zero attached hydrogens (tertiary/aromatic N) is 3. The zero-order valence-corrected chi connectivity index (χ0v) is 7.84. The Bertz CT molecular complexity index is 309. The van der Waals surface area contributed by atoms with E-state index in [2.05, 4.69) is 27.6 Å². The monoisotopic (exact) mass is 199 g/mol. The minimum absolute atomic E-state index is 0.237. The molecule has 0 unspecified atom stereocenters. The lowest BCUT2D eigenvalue weighted by atomic mass is 10.4. The third-order valence-corrected chi connectivity index (χ3v) is 1.50. The number of nitrogens with one attached hydrogen (secondary N) is 1. The lowest BCUT2D eigenvalue weighted by molar-refractivity contribution is 0.0809. The molecule has 1 aromatic rings. The predicted molar refractivity (Wildman–Crippen MR) is 50.1 cm³/mol. The molecule has 0 spiro atoms. The first-order valence-corrected chi connectivity index (χ1v) is 3.91. The summed E-state index contributed by atoms with van der Waals surface area (Å²) in [5.74, 6) is -0.262. The Balaban J connectivity index is 2.63. The molecule has 0 aliphatic carbocycles. The van der Waals surface area contributed by atoms with Crippen LogP contribution in [0.25, 0.3) is 0 Å².